The molecule has 2 aromatic heterocycles. The maximum absolute atomic E-state index is 12.9. The van der Waals surface area contributed by atoms with Gasteiger partial charge in [0.15, 0.2) is 0 Å². The number of aromatic nitrogens is 3. The van der Waals surface area contributed by atoms with Crippen molar-refractivity contribution in [2.75, 3.05) is 25.0 Å². The number of nitrogens with zero attached hydrogens (tertiary/aromatic N) is 5. The summed E-state index contributed by atoms with van der Waals surface area (Å²) in [4.78, 5) is 29.8. The van der Waals surface area contributed by atoms with E-state index in [2.05, 4.69) is 38.9 Å². The number of aryl methyl sites for hydroxylation is 1. The van der Waals surface area contributed by atoms with Crippen LogP contribution in [0.25, 0.3) is 0 Å². The molecule has 0 fully saturated rings. The number of hydrogen-bond donors (Lipinski definition) is 0. The lowest BCUT2D eigenvalue weighted by atomic mass is 10.2. The van der Waals surface area contributed by atoms with Crippen molar-refractivity contribution in [3.63, 3.8) is 0 Å². The summed E-state index contributed by atoms with van der Waals surface area (Å²) in [6.45, 7) is 6.05. The number of hydrogen-bond acceptors (Lipinski definition) is 5. The smallest absolute Gasteiger partial charge is 0.272 e. The van der Waals surface area contributed by atoms with E-state index in [1.807, 2.05) is 44.3 Å². The maximum atomic E-state index is 12.9. The van der Waals surface area contributed by atoms with E-state index in [4.69, 9.17) is 0 Å². The van der Waals surface area contributed by atoms with Crippen LogP contribution in [-0.4, -0.2) is 45.9 Å². The molecule has 29 heavy (non-hydrogen) atoms. The monoisotopic (exact) mass is 389 g/mol. The fourth-order valence-corrected chi connectivity index (χ4v) is 3.13. The van der Waals surface area contributed by atoms with Gasteiger partial charge in [0.05, 0.1) is 0 Å². The van der Waals surface area contributed by atoms with Crippen LogP contribution in [-0.2, 0) is 13.0 Å². The molecule has 0 radical (unpaired) electrons. The third kappa shape index (κ3) is 5.60. The van der Waals surface area contributed by atoms with E-state index >= 15 is 0 Å². The lowest BCUT2D eigenvalue weighted by Crippen LogP contribution is -2.30. The molecule has 1 aromatic carbocycles. The van der Waals surface area contributed by atoms with Gasteiger partial charge in [-0.15, -0.1) is 0 Å². The van der Waals surface area contributed by atoms with Gasteiger partial charge in [0.25, 0.3) is 5.91 Å². The molecule has 0 saturated heterocycles. The van der Waals surface area contributed by atoms with Gasteiger partial charge in [-0.2, -0.15) is 0 Å². The zero-order valence-electron chi connectivity index (χ0n) is 17.2. The first-order chi connectivity index (χ1) is 14.1. The normalized spacial score (nSPS) is 10.6. The summed E-state index contributed by atoms with van der Waals surface area (Å²) in [5, 5.41) is 0. The second-order valence-electron chi connectivity index (χ2n) is 6.99. The Hall–Kier alpha value is -3.28. The SMILES string of the molecule is CCN(Cc1ccccc1)c1cc(C(=O)N(C)CCc2ccncc2)nc(C)n1. The van der Waals surface area contributed by atoms with Crippen LogP contribution in [0, 0.1) is 6.92 Å². The van der Waals surface area contributed by atoms with E-state index < -0.39 is 0 Å². The van der Waals surface area contributed by atoms with E-state index in [9.17, 15) is 4.79 Å². The minimum atomic E-state index is -0.0958. The third-order valence-electron chi connectivity index (χ3n) is 4.80. The van der Waals surface area contributed by atoms with Crippen LogP contribution >= 0.6 is 0 Å². The lowest BCUT2D eigenvalue weighted by Gasteiger charge is -2.23. The summed E-state index contributed by atoms with van der Waals surface area (Å²) < 4.78 is 0. The van der Waals surface area contributed by atoms with Crippen molar-refractivity contribution in [1.29, 1.82) is 0 Å². The van der Waals surface area contributed by atoms with Crippen LogP contribution < -0.4 is 4.90 Å². The Morgan fingerprint density at radius 2 is 1.72 bits per heavy atom. The molecule has 3 aromatic rings. The molecule has 6 nitrogen and oxygen atoms in total. The van der Waals surface area contributed by atoms with E-state index in [-0.39, 0.29) is 5.91 Å². The summed E-state index contributed by atoms with van der Waals surface area (Å²) in [6.07, 6.45) is 4.31. The number of benzene rings is 1. The molecule has 0 atom stereocenters. The summed E-state index contributed by atoms with van der Waals surface area (Å²) >= 11 is 0. The van der Waals surface area contributed by atoms with Crippen molar-refractivity contribution in [2.45, 2.75) is 26.8 Å². The molecule has 0 saturated carbocycles. The van der Waals surface area contributed by atoms with Crippen LogP contribution in [0.4, 0.5) is 5.82 Å². The molecule has 0 aliphatic rings. The molecule has 0 aliphatic heterocycles. The van der Waals surface area contributed by atoms with Gasteiger partial charge >= 0.3 is 0 Å². The lowest BCUT2D eigenvalue weighted by molar-refractivity contribution is 0.0790. The highest BCUT2D eigenvalue weighted by Crippen LogP contribution is 2.17. The Balaban J connectivity index is 1.73. The number of carbonyl (C=O) groups is 1. The second-order valence-corrected chi connectivity index (χ2v) is 6.99. The average molecular weight is 390 g/mol. The van der Waals surface area contributed by atoms with Gasteiger partial charge in [-0.3, -0.25) is 9.78 Å². The highest BCUT2D eigenvalue weighted by atomic mass is 16.2. The molecule has 0 aliphatic carbocycles. The molecule has 2 heterocycles. The van der Waals surface area contributed by atoms with Gasteiger partial charge in [-0.05, 0) is 43.5 Å². The van der Waals surface area contributed by atoms with Crippen molar-refractivity contribution in [3.8, 4) is 0 Å². The van der Waals surface area contributed by atoms with Gasteiger partial charge in [0, 0.05) is 45.1 Å². The number of amides is 1. The zero-order chi connectivity index (χ0) is 20.6. The predicted molar refractivity (Wildman–Crippen MR) is 115 cm³/mol. The van der Waals surface area contributed by atoms with Crippen molar-refractivity contribution in [3.05, 3.63) is 83.6 Å². The molecule has 3 rings (SSSR count). The van der Waals surface area contributed by atoms with Crippen molar-refractivity contribution < 1.29 is 4.79 Å². The first kappa shape index (κ1) is 20.5. The van der Waals surface area contributed by atoms with Gasteiger partial charge in [-0.25, -0.2) is 9.97 Å². The van der Waals surface area contributed by atoms with Crippen LogP contribution in [0.2, 0.25) is 0 Å². The fourth-order valence-electron chi connectivity index (χ4n) is 3.13. The standard InChI is InChI=1S/C23H27N5O/c1-4-28(17-20-8-6-5-7-9-20)22-16-21(25-18(2)26-22)23(29)27(3)15-12-19-10-13-24-14-11-19/h5-11,13-14,16H,4,12,15,17H2,1-3H3. The highest BCUT2D eigenvalue weighted by molar-refractivity contribution is 5.92. The molecular weight excluding hydrogens is 362 g/mol. The minimum absolute atomic E-state index is 0.0958. The summed E-state index contributed by atoms with van der Waals surface area (Å²) in [5.74, 6) is 1.27. The Morgan fingerprint density at radius 1 is 1.00 bits per heavy atom. The maximum Gasteiger partial charge on any atom is 0.272 e. The quantitative estimate of drug-likeness (QED) is 0.590. The molecule has 6 heteroatoms. The van der Waals surface area contributed by atoms with E-state index in [1.165, 1.54) is 5.56 Å². The summed E-state index contributed by atoms with van der Waals surface area (Å²) in [6, 6.07) is 16.0. The number of rotatable bonds is 8. The van der Waals surface area contributed by atoms with Gasteiger partial charge in [0.2, 0.25) is 0 Å². The van der Waals surface area contributed by atoms with Gasteiger partial charge in [-0.1, -0.05) is 30.3 Å². The molecule has 0 N–H and O–H groups in total. The summed E-state index contributed by atoms with van der Waals surface area (Å²) in [7, 11) is 1.81. The predicted octanol–water partition coefficient (Wildman–Crippen LogP) is 3.52. The minimum Gasteiger partial charge on any atom is -0.352 e. The molecule has 0 bridgehead atoms. The van der Waals surface area contributed by atoms with Crippen LogP contribution in [0.15, 0.2) is 60.9 Å². The number of carbonyl (C=O) groups excluding carboxylic acids is 1. The Labute approximate surface area is 172 Å². The van der Waals surface area contributed by atoms with E-state index in [1.54, 1.807) is 23.4 Å². The molecule has 0 unspecified atom stereocenters. The third-order valence-corrected chi connectivity index (χ3v) is 4.80. The van der Waals surface area contributed by atoms with Crippen LogP contribution in [0.5, 0.6) is 0 Å². The Kier molecular flexibility index (Phi) is 6.89. The topological polar surface area (TPSA) is 62.2 Å². The number of likely N-dealkylation sites (N-methyl/N-ethyl adjacent to an activating group) is 1. The molecule has 150 valence electrons. The highest BCUT2D eigenvalue weighted by Gasteiger charge is 2.17. The fraction of sp³-hybridized carbons (Fsp3) is 0.304. The average Bonchev–Trinajstić information content (AvgIpc) is 2.76. The largest absolute Gasteiger partial charge is 0.352 e. The number of pyridine rings is 1. The first-order valence-electron chi connectivity index (χ1n) is 9.85. The Morgan fingerprint density at radius 3 is 2.41 bits per heavy atom. The molecule has 1 amide bonds. The molecular formula is C23H27N5O. The van der Waals surface area contributed by atoms with E-state index in [0.717, 1.165) is 30.9 Å². The van der Waals surface area contributed by atoms with Gasteiger partial charge in [0.1, 0.15) is 17.3 Å². The van der Waals surface area contributed by atoms with Crippen LogP contribution in [0.3, 0.4) is 0 Å². The van der Waals surface area contributed by atoms with Crippen molar-refractivity contribution in [1.82, 2.24) is 19.9 Å². The number of anilines is 1. The van der Waals surface area contributed by atoms with Gasteiger partial charge < -0.3 is 9.80 Å². The van der Waals surface area contributed by atoms with Crippen LogP contribution in [0.1, 0.15) is 34.4 Å². The summed E-state index contributed by atoms with van der Waals surface area (Å²) in [5.41, 5.74) is 2.78. The zero-order valence-corrected chi connectivity index (χ0v) is 17.2. The second kappa shape index (κ2) is 9.78. The van der Waals surface area contributed by atoms with E-state index in [0.29, 0.717) is 18.1 Å². The molecule has 0 spiro atoms. The van der Waals surface area contributed by atoms with Crippen molar-refractivity contribution in [2.24, 2.45) is 0 Å². The van der Waals surface area contributed by atoms with Crippen molar-refractivity contribution >= 4 is 11.7 Å². The Bertz CT molecular complexity index is 931. The first-order valence-corrected chi connectivity index (χ1v) is 9.85.